The van der Waals surface area contributed by atoms with E-state index in [1.54, 1.807) is 11.7 Å². The number of nitrogens with zero attached hydrogens (tertiary/aromatic N) is 2. The Balaban J connectivity index is 1.83. The summed E-state index contributed by atoms with van der Waals surface area (Å²) < 4.78 is 12.5. The van der Waals surface area contributed by atoms with E-state index in [2.05, 4.69) is 43.1 Å². The number of aryl methyl sites for hydroxylation is 1. The number of thioether (sulfide) groups is 1. The number of benzene rings is 1. The van der Waals surface area contributed by atoms with Gasteiger partial charge in [-0.3, -0.25) is 4.57 Å². The number of ether oxygens (including phenoxy) is 2. The van der Waals surface area contributed by atoms with Crippen LogP contribution in [0.5, 0.6) is 5.75 Å². The number of aromatic amines is 1. The summed E-state index contributed by atoms with van der Waals surface area (Å²) in [6.45, 7) is 8.27. The minimum absolute atomic E-state index is 0.181. The summed E-state index contributed by atoms with van der Waals surface area (Å²) in [5.74, 6) is 2.11. The summed E-state index contributed by atoms with van der Waals surface area (Å²) in [5, 5.41) is 7.27. The molecule has 1 N–H and O–H groups in total. The molecule has 0 aliphatic carbocycles. The molecule has 0 bridgehead atoms. The Hall–Kier alpha value is -1.73. The average Bonchev–Trinajstić information content (AvgIpc) is 2.92. The molecule has 0 unspecified atom stereocenters. The molecule has 0 atom stereocenters. The molecule has 2 rings (SSSR count). The highest BCUT2D eigenvalue weighted by Crippen LogP contribution is 2.23. The average molecular weight is 365 g/mol. The predicted octanol–water partition coefficient (Wildman–Crippen LogP) is 3.21. The number of methoxy groups -OCH3 is 1. The van der Waals surface area contributed by atoms with Crippen molar-refractivity contribution in [3.05, 3.63) is 39.8 Å². The number of nitrogens with one attached hydrogen (secondary N) is 1. The highest BCUT2D eigenvalue weighted by molar-refractivity contribution is 7.99. The maximum absolute atomic E-state index is 11.8. The predicted molar refractivity (Wildman–Crippen MR) is 101 cm³/mol. The third-order valence-corrected chi connectivity index (χ3v) is 4.84. The fraction of sp³-hybridized carbons (Fsp3) is 0.556. The molecule has 1 aromatic carbocycles. The molecule has 138 valence electrons. The van der Waals surface area contributed by atoms with Crippen LogP contribution in [-0.2, 0) is 11.3 Å². The van der Waals surface area contributed by atoms with Crippen LogP contribution in [0, 0.1) is 6.92 Å². The van der Waals surface area contributed by atoms with Crippen molar-refractivity contribution in [1.82, 2.24) is 14.8 Å². The Morgan fingerprint density at radius 1 is 1.32 bits per heavy atom. The van der Waals surface area contributed by atoms with E-state index >= 15 is 0 Å². The van der Waals surface area contributed by atoms with Crippen LogP contribution >= 0.6 is 11.8 Å². The number of hydrogen-bond donors (Lipinski definition) is 1. The minimum Gasteiger partial charge on any atom is -0.493 e. The molecule has 0 saturated heterocycles. The first-order valence-electron chi connectivity index (χ1n) is 8.53. The number of aromatic nitrogens is 3. The molecule has 0 saturated carbocycles. The van der Waals surface area contributed by atoms with Crippen molar-refractivity contribution in [2.45, 2.75) is 44.8 Å². The van der Waals surface area contributed by atoms with Crippen molar-refractivity contribution in [3.8, 4) is 5.75 Å². The summed E-state index contributed by atoms with van der Waals surface area (Å²) in [6.07, 6.45) is 0.779. The molecular weight excluding hydrogens is 338 g/mol. The maximum atomic E-state index is 11.8. The monoisotopic (exact) mass is 365 g/mol. The molecule has 1 heterocycles. The highest BCUT2D eigenvalue weighted by Gasteiger charge is 2.09. The van der Waals surface area contributed by atoms with Gasteiger partial charge in [0.25, 0.3) is 0 Å². The van der Waals surface area contributed by atoms with Gasteiger partial charge in [0.1, 0.15) is 5.75 Å². The van der Waals surface area contributed by atoms with Crippen molar-refractivity contribution in [3.63, 3.8) is 0 Å². The lowest BCUT2D eigenvalue weighted by atomic mass is 9.98. The quantitative estimate of drug-likeness (QED) is 0.517. The number of H-pyrrole nitrogens is 1. The van der Waals surface area contributed by atoms with Crippen LogP contribution in [-0.4, -0.2) is 40.8 Å². The molecule has 0 fully saturated rings. The van der Waals surface area contributed by atoms with Gasteiger partial charge in [-0.15, -0.1) is 5.10 Å². The van der Waals surface area contributed by atoms with E-state index in [1.807, 2.05) is 6.07 Å². The van der Waals surface area contributed by atoms with Crippen molar-refractivity contribution >= 4 is 11.8 Å². The fourth-order valence-corrected chi connectivity index (χ4v) is 3.45. The molecule has 0 radical (unpaired) electrons. The normalized spacial score (nSPS) is 11.2. The van der Waals surface area contributed by atoms with Crippen LogP contribution in [0.3, 0.4) is 0 Å². The second kappa shape index (κ2) is 9.68. The van der Waals surface area contributed by atoms with Gasteiger partial charge in [0.05, 0.1) is 6.61 Å². The second-order valence-corrected chi connectivity index (χ2v) is 7.24. The lowest BCUT2D eigenvalue weighted by molar-refractivity contribution is 0.189. The van der Waals surface area contributed by atoms with Crippen LogP contribution in [0.25, 0.3) is 0 Å². The van der Waals surface area contributed by atoms with E-state index in [4.69, 9.17) is 9.47 Å². The first-order valence-corrected chi connectivity index (χ1v) is 9.51. The molecule has 0 aliphatic heterocycles. The van der Waals surface area contributed by atoms with E-state index < -0.39 is 0 Å². The van der Waals surface area contributed by atoms with Crippen LogP contribution < -0.4 is 10.4 Å². The SMILES string of the molecule is COCCCn1c(SCCOc2ccc(C(C)C)c(C)c2)n[nH]c1=O. The first kappa shape index (κ1) is 19.6. The molecular formula is C18H27N3O3S. The molecule has 2 aromatic rings. The molecule has 0 amide bonds. The van der Waals surface area contributed by atoms with Gasteiger partial charge in [0.15, 0.2) is 5.16 Å². The van der Waals surface area contributed by atoms with E-state index in [9.17, 15) is 4.79 Å². The van der Waals surface area contributed by atoms with Crippen LogP contribution in [0.1, 0.15) is 37.3 Å². The molecule has 0 aliphatic rings. The Morgan fingerprint density at radius 3 is 2.80 bits per heavy atom. The number of hydrogen-bond acceptors (Lipinski definition) is 5. The van der Waals surface area contributed by atoms with Gasteiger partial charge in [-0.25, -0.2) is 9.89 Å². The summed E-state index contributed by atoms with van der Waals surface area (Å²) in [5.41, 5.74) is 2.41. The highest BCUT2D eigenvalue weighted by atomic mass is 32.2. The van der Waals surface area contributed by atoms with Crippen LogP contribution in [0.2, 0.25) is 0 Å². The van der Waals surface area contributed by atoms with Gasteiger partial charge < -0.3 is 9.47 Å². The third kappa shape index (κ3) is 5.64. The van der Waals surface area contributed by atoms with Crippen molar-refractivity contribution in [2.75, 3.05) is 26.1 Å². The fourth-order valence-electron chi connectivity index (χ4n) is 2.66. The number of rotatable bonds is 10. The first-order chi connectivity index (χ1) is 12.0. The minimum atomic E-state index is -0.181. The van der Waals surface area contributed by atoms with E-state index in [-0.39, 0.29) is 5.69 Å². The lowest BCUT2D eigenvalue weighted by Crippen LogP contribution is -2.18. The third-order valence-electron chi connectivity index (χ3n) is 3.90. The van der Waals surface area contributed by atoms with Gasteiger partial charge in [0.2, 0.25) is 0 Å². The maximum Gasteiger partial charge on any atom is 0.343 e. The Bertz CT molecular complexity index is 725. The Morgan fingerprint density at radius 2 is 2.12 bits per heavy atom. The van der Waals surface area contributed by atoms with Gasteiger partial charge in [-0.05, 0) is 42.5 Å². The molecule has 6 nitrogen and oxygen atoms in total. The zero-order chi connectivity index (χ0) is 18.2. The smallest absolute Gasteiger partial charge is 0.343 e. The standard InChI is InChI=1S/C18H27N3O3S/c1-13(2)16-7-6-15(12-14(16)3)24-10-11-25-18-20-19-17(22)21(18)8-5-9-23-4/h6-7,12-13H,5,8-11H2,1-4H3,(H,19,22). The Kier molecular flexibility index (Phi) is 7.58. The summed E-state index contributed by atoms with van der Waals surface area (Å²) in [4.78, 5) is 11.8. The van der Waals surface area contributed by atoms with Crippen molar-refractivity contribution in [2.24, 2.45) is 0 Å². The zero-order valence-electron chi connectivity index (χ0n) is 15.4. The molecule has 25 heavy (non-hydrogen) atoms. The summed E-state index contributed by atoms with van der Waals surface area (Å²) >= 11 is 1.51. The van der Waals surface area contributed by atoms with Crippen molar-refractivity contribution < 1.29 is 9.47 Å². The van der Waals surface area contributed by atoms with Crippen LogP contribution in [0.15, 0.2) is 28.2 Å². The molecule has 0 spiro atoms. The lowest BCUT2D eigenvalue weighted by Gasteiger charge is -2.12. The largest absolute Gasteiger partial charge is 0.493 e. The molecule has 1 aromatic heterocycles. The van der Waals surface area contributed by atoms with Crippen molar-refractivity contribution in [1.29, 1.82) is 0 Å². The topological polar surface area (TPSA) is 69.1 Å². The summed E-state index contributed by atoms with van der Waals surface area (Å²) in [7, 11) is 1.65. The van der Waals surface area contributed by atoms with Gasteiger partial charge >= 0.3 is 5.69 Å². The van der Waals surface area contributed by atoms with E-state index in [0.29, 0.717) is 30.8 Å². The van der Waals surface area contributed by atoms with Crippen LogP contribution in [0.4, 0.5) is 0 Å². The second-order valence-electron chi connectivity index (χ2n) is 6.18. The van der Waals surface area contributed by atoms with E-state index in [0.717, 1.165) is 17.9 Å². The van der Waals surface area contributed by atoms with Gasteiger partial charge in [0, 0.05) is 26.0 Å². The van der Waals surface area contributed by atoms with E-state index in [1.165, 1.54) is 22.9 Å². The zero-order valence-corrected chi connectivity index (χ0v) is 16.2. The molecule has 7 heteroatoms. The van der Waals surface area contributed by atoms with Gasteiger partial charge in [-0.1, -0.05) is 31.7 Å². The summed E-state index contributed by atoms with van der Waals surface area (Å²) in [6, 6.07) is 6.22. The van der Waals surface area contributed by atoms with Gasteiger partial charge in [-0.2, -0.15) is 0 Å². The Labute approximate surface area is 152 Å².